The van der Waals surface area contributed by atoms with E-state index in [2.05, 4.69) is 0 Å². The number of thioether (sulfide) groups is 1. The van der Waals surface area contributed by atoms with Crippen LogP contribution in [0.25, 0.3) is 0 Å². The molecule has 1 aliphatic heterocycles. The molecule has 2 aromatic rings. The number of carbonyl (C=O) groups excluding carboxylic acids is 1. The molecule has 0 bridgehead atoms. The van der Waals surface area contributed by atoms with Crippen molar-refractivity contribution < 1.29 is 13.9 Å². The van der Waals surface area contributed by atoms with Crippen LogP contribution in [0.15, 0.2) is 47.1 Å². The van der Waals surface area contributed by atoms with Gasteiger partial charge in [0.2, 0.25) is 0 Å². The SMILES string of the molecule is COc1ccccc1C(=O)N1CCS[C@@H]1c1ccco1. The van der Waals surface area contributed by atoms with Crippen LogP contribution in [0.1, 0.15) is 21.5 Å². The van der Waals surface area contributed by atoms with Crippen molar-refractivity contribution >= 4 is 17.7 Å². The van der Waals surface area contributed by atoms with Crippen LogP contribution in [-0.2, 0) is 0 Å². The Morgan fingerprint density at radius 3 is 2.95 bits per heavy atom. The Morgan fingerprint density at radius 2 is 2.20 bits per heavy atom. The van der Waals surface area contributed by atoms with Crippen LogP contribution in [-0.4, -0.2) is 30.2 Å². The molecule has 104 valence electrons. The van der Waals surface area contributed by atoms with Crippen molar-refractivity contribution in [2.75, 3.05) is 19.4 Å². The zero-order chi connectivity index (χ0) is 13.9. The number of hydrogen-bond acceptors (Lipinski definition) is 4. The molecule has 1 amide bonds. The molecule has 0 saturated carbocycles. The number of benzene rings is 1. The molecule has 3 rings (SSSR count). The lowest BCUT2D eigenvalue weighted by Crippen LogP contribution is -2.30. The monoisotopic (exact) mass is 289 g/mol. The smallest absolute Gasteiger partial charge is 0.258 e. The lowest BCUT2D eigenvalue weighted by atomic mass is 10.1. The van der Waals surface area contributed by atoms with Crippen molar-refractivity contribution in [1.82, 2.24) is 4.90 Å². The highest BCUT2D eigenvalue weighted by atomic mass is 32.2. The fourth-order valence-corrected chi connectivity index (χ4v) is 3.53. The van der Waals surface area contributed by atoms with Crippen LogP contribution < -0.4 is 4.74 Å². The van der Waals surface area contributed by atoms with Gasteiger partial charge in [0.25, 0.3) is 5.91 Å². The summed E-state index contributed by atoms with van der Waals surface area (Å²) >= 11 is 1.72. The number of carbonyl (C=O) groups is 1. The molecule has 1 saturated heterocycles. The minimum Gasteiger partial charge on any atom is -0.496 e. The van der Waals surface area contributed by atoms with E-state index < -0.39 is 0 Å². The fraction of sp³-hybridized carbons (Fsp3) is 0.267. The zero-order valence-corrected chi connectivity index (χ0v) is 11.9. The van der Waals surface area contributed by atoms with Crippen LogP contribution >= 0.6 is 11.8 Å². The van der Waals surface area contributed by atoms with Crippen LogP contribution in [0.4, 0.5) is 0 Å². The molecule has 20 heavy (non-hydrogen) atoms. The standard InChI is InChI=1S/C15H15NO3S/c1-18-12-6-3-2-5-11(12)14(17)16-8-10-20-15(16)13-7-4-9-19-13/h2-7,9,15H,8,10H2,1H3/t15-/m1/s1. The van der Waals surface area contributed by atoms with Crippen molar-refractivity contribution in [1.29, 1.82) is 0 Å². The Balaban J connectivity index is 1.90. The molecule has 2 heterocycles. The molecule has 1 aliphatic rings. The number of furan rings is 1. The molecule has 1 fully saturated rings. The third-order valence-corrected chi connectivity index (χ3v) is 4.50. The highest BCUT2D eigenvalue weighted by molar-refractivity contribution is 7.99. The van der Waals surface area contributed by atoms with Crippen LogP contribution in [0.5, 0.6) is 5.75 Å². The quantitative estimate of drug-likeness (QED) is 0.870. The van der Waals surface area contributed by atoms with Gasteiger partial charge in [-0.3, -0.25) is 4.79 Å². The summed E-state index contributed by atoms with van der Waals surface area (Å²) in [7, 11) is 1.58. The largest absolute Gasteiger partial charge is 0.496 e. The lowest BCUT2D eigenvalue weighted by molar-refractivity contribution is 0.0746. The van der Waals surface area contributed by atoms with Gasteiger partial charge < -0.3 is 14.1 Å². The summed E-state index contributed by atoms with van der Waals surface area (Å²) in [5, 5.41) is -0.0533. The predicted molar refractivity (Wildman–Crippen MR) is 77.9 cm³/mol. The van der Waals surface area contributed by atoms with Gasteiger partial charge in [0.1, 0.15) is 16.9 Å². The average Bonchev–Trinajstić information content (AvgIpc) is 3.16. The van der Waals surface area contributed by atoms with Gasteiger partial charge in [-0.05, 0) is 24.3 Å². The number of methoxy groups -OCH3 is 1. The summed E-state index contributed by atoms with van der Waals surface area (Å²) in [4.78, 5) is 14.6. The number of hydrogen-bond donors (Lipinski definition) is 0. The third kappa shape index (κ3) is 2.29. The summed E-state index contributed by atoms with van der Waals surface area (Å²) in [5.41, 5.74) is 0.592. The van der Waals surface area contributed by atoms with Gasteiger partial charge in [-0.2, -0.15) is 0 Å². The summed E-state index contributed by atoms with van der Waals surface area (Å²) in [5.74, 6) is 2.31. The second kappa shape index (κ2) is 5.63. The highest BCUT2D eigenvalue weighted by Crippen LogP contribution is 2.39. The number of nitrogens with zero attached hydrogens (tertiary/aromatic N) is 1. The molecule has 0 radical (unpaired) electrons. The van der Waals surface area contributed by atoms with E-state index in [4.69, 9.17) is 9.15 Å². The Bertz CT molecular complexity index is 597. The van der Waals surface area contributed by atoms with E-state index in [0.717, 1.165) is 11.5 Å². The van der Waals surface area contributed by atoms with Crippen molar-refractivity contribution in [3.8, 4) is 5.75 Å². The van der Waals surface area contributed by atoms with Gasteiger partial charge in [-0.15, -0.1) is 11.8 Å². The molecule has 0 aliphatic carbocycles. The first-order chi connectivity index (χ1) is 9.81. The Morgan fingerprint density at radius 1 is 1.35 bits per heavy atom. The fourth-order valence-electron chi connectivity index (χ4n) is 2.32. The van der Waals surface area contributed by atoms with E-state index in [1.165, 1.54) is 0 Å². The third-order valence-electron chi connectivity index (χ3n) is 3.28. The first kappa shape index (κ1) is 13.1. The van der Waals surface area contributed by atoms with Crippen LogP contribution in [0.2, 0.25) is 0 Å². The van der Waals surface area contributed by atoms with Gasteiger partial charge in [0.05, 0.1) is 18.9 Å². The van der Waals surface area contributed by atoms with Gasteiger partial charge in [-0.1, -0.05) is 12.1 Å². The second-order valence-corrected chi connectivity index (χ2v) is 5.63. The van der Waals surface area contributed by atoms with E-state index in [0.29, 0.717) is 17.9 Å². The summed E-state index contributed by atoms with van der Waals surface area (Å²) in [6, 6.07) is 11.1. The van der Waals surface area contributed by atoms with Crippen molar-refractivity contribution in [3.05, 3.63) is 54.0 Å². The lowest BCUT2D eigenvalue weighted by Gasteiger charge is -2.23. The maximum absolute atomic E-state index is 12.7. The molecule has 0 unspecified atom stereocenters. The number of rotatable bonds is 3. The Kier molecular flexibility index (Phi) is 3.69. The minimum absolute atomic E-state index is 0.0196. The molecule has 1 atom stereocenters. The predicted octanol–water partition coefficient (Wildman–Crippen LogP) is 3.18. The Hall–Kier alpha value is -1.88. The second-order valence-electron chi connectivity index (χ2n) is 4.44. The van der Waals surface area contributed by atoms with E-state index in [-0.39, 0.29) is 11.3 Å². The van der Waals surface area contributed by atoms with Gasteiger partial charge in [0, 0.05) is 12.3 Å². The van der Waals surface area contributed by atoms with Crippen molar-refractivity contribution in [2.45, 2.75) is 5.37 Å². The molecule has 0 spiro atoms. The molecule has 0 N–H and O–H groups in total. The van der Waals surface area contributed by atoms with E-state index in [9.17, 15) is 4.79 Å². The van der Waals surface area contributed by atoms with Crippen LogP contribution in [0.3, 0.4) is 0 Å². The van der Waals surface area contributed by atoms with Crippen LogP contribution in [0, 0.1) is 0 Å². The summed E-state index contributed by atoms with van der Waals surface area (Å²) < 4.78 is 10.7. The topological polar surface area (TPSA) is 42.7 Å². The summed E-state index contributed by atoms with van der Waals surface area (Å²) in [6.45, 7) is 0.715. The minimum atomic E-state index is -0.0533. The normalized spacial score (nSPS) is 18.2. The summed E-state index contributed by atoms with van der Waals surface area (Å²) in [6.07, 6.45) is 1.64. The number of amides is 1. The van der Waals surface area contributed by atoms with Crippen molar-refractivity contribution in [3.63, 3.8) is 0 Å². The maximum Gasteiger partial charge on any atom is 0.258 e. The molecule has 1 aromatic heterocycles. The molecule has 5 heteroatoms. The highest BCUT2D eigenvalue weighted by Gasteiger charge is 2.33. The molecular weight excluding hydrogens is 274 g/mol. The van der Waals surface area contributed by atoms with Gasteiger partial charge in [-0.25, -0.2) is 0 Å². The van der Waals surface area contributed by atoms with E-state index in [1.54, 1.807) is 37.3 Å². The van der Waals surface area contributed by atoms with Crippen molar-refractivity contribution in [2.24, 2.45) is 0 Å². The van der Waals surface area contributed by atoms with E-state index in [1.807, 2.05) is 29.2 Å². The van der Waals surface area contributed by atoms with E-state index >= 15 is 0 Å². The molecule has 4 nitrogen and oxygen atoms in total. The molecule has 1 aromatic carbocycles. The van der Waals surface area contributed by atoms with Gasteiger partial charge in [0.15, 0.2) is 0 Å². The first-order valence-corrected chi connectivity index (χ1v) is 7.45. The average molecular weight is 289 g/mol. The number of para-hydroxylation sites is 1. The number of ether oxygens (including phenoxy) is 1. The Labute approximate surface area is 121 Å². The zero-order valence-electron chi connectivity index (χ0n) is 11.1. The maximum atomic E-state index is 12.7. The van der Waals surface area contributed by atoms with Gasteiger partial charge >= 0.3 is 0 Å². The first-order valence-electron chi connectivity index (χ1n) is 6.40. The molecular formula is C15H15NO3S.